The number of hydrogen-bond donors (Lipinski definition) is 7. The van der Waals surface area contributed by atoms with E-state index in [1.54, 1.807) is 39.1 Å². The van der Waals surface area contributed by atoms with E-state index in [0.29, 0.717) is 32.2 Å². The fraction of sp³-hybridized carbons (Fsp3) is 0.250. The molecule has 6 aliphatic carbocycles. The first-order valence-electron chi connectivity index (χ1n) is 38.9. The molecular weight excluding hydrogens is 1440 g/mol. The number of ether oxygens (including phenoxy) is 2. The Kier molecular flexibility index (Phi) is 22.4. The van der Waals surface area contributed by atoms with Gasteiger partial charge in [-0.2, -0.15) is 4.73 Å². The van der Waals surface area contributed by atoms with Gasteiger partial charge in [0.15, 0.2) is 0 Å². The average Bonchev–Trinajstić information content (AvgIpc) is 1.62. The highest BCUT2D eigenvalue weighted by atomic mass is 16.6. The Morgan fingerprint density at radius 3 is 1.78 bits per heavy atom. The van der Waals surface area contributed by atoms with Gasteiger partial charge in [-0.15, -0.1) is 0 Å². The van der Waals surface area contributed by atoms with Crippen LogP contribution in [0.25, 0.3) is 72.8 Å². The van der Waals surface area contributed by atoms with E-state index in [1.165, 1.54) is 117 Å². The number of para-hydroxylation sites is 1. The standard InChI is InChI=1S/C15H15NO4.C14H12N2O.C14H15NO2.C14H15NO.C14H13NO.C13H13NO2.C12H9N/c1-15(14(19)20)11-6-8-4-2-3-5-9(8)10(11)7-12(16-15)13(17)18;1-3-13-14-11(8-9-16(13)17-2)10-6-4-5-7-12(10)15-14;1-8-11-6-9-4-2-3-5-10(9)12(11)7-13(15-8)14(16)17;2*1-9-14-8-10-7-11(16-2)3-4-12(10)13(14)5-6-15-9;15-13(16)12-6-11-9(7-14-12)5-8-3-1-2-4-10(8)11;1-2-4-11-9(3-1)7-10-8-13-6-5-12(10)11/h2-5,12,16H,6-7H2,1H3,(H,17,18)(H,19,20);3-9H,1H2,2H3;2-5,8,13,15H,6-7H2,1H3,(H,16,17);3-4,7H,5-6,8H2,1-2H3;3-7H,8H2,1-2H3;1-4,12,14H,5-7H2,(H,15,16);1-6,8H,7H2. The van der Waals surface area contributed by atoms with Gasteiger partial charge >= 0.3 is 23.9 Å². The number of methoxy groups -OCH3 is 2. The van der Waals surface area contributed by atoms with E-state index in [2.05, 4.69) is 160 Å². The second-order valence-electron chi connectivity index (χ2n) is 30.3. The molecule has 5 atom stereocenters. The van der Waals surface area contributed by atoms with Gasteiger partial charge < -0.3 is 40.1 Å². The molecule has 0 saturated carbocycles. The van der Waals surface area contributed by atoms with Gasteiger partial charge in [-0.1, -0.05) is 134 Å². The number of dihydropyridines is 1. The summed E-state index contributed by atoms with van der Waals surface area (Å²) in [4.78, 5) is 67.9. The average molecular weight is 1530 g/mol. The number of fused-ring (bicyclic) bond motifs is 17. The summed E-state index contributed by atoms with van der Waals surface area (Å²) in [5.74, 6) is -1.69. The highest BCUT2D eigenvalue weighted by Crippen LogP contribution is 2.47. The Balaban J connectivity index is 0.000000106. The Hall–Kier alpha value is -12.7. The van der Waals surface area contributed by atoms with Crippen LogP contribution in [-0.4, -0.2) is 134 Å². The van der Waals surface area contributed by atoms with Crippen molar-refractivity contribution in [3.05, 3.63) is 308 Å². The van der Waals surface area contributed by atoms with Crippen molar-refractivity contribution in [2.24, 2.45) is 4.99 Å². The van der Waals surface area contributed by atoms with Crippen LogP contribution in [0.15, 0.2) is 235 Å². The third kappa shape index (κ3) is 15.5. The van der Waals surface area contributed by atoms with Crippen LogP contribution < -0.4 is 30.3 Å². The zero-order valence-corrected chi connectivity index (χ0v) is 65.5. The van der Waals surface area contributed by atoms with Crippen molar-refractivity contribution in [2.45, 2.75) is 122 Å². The Labute approximate surface area is 668 Å². The number of rotatable bonds is 8. The lowest BCUT2D eigenvalue weighted by molar-refractivity contribution is -0.146. The molecule has 0 fully saturated rings. The van der Waals surface area contributed by atoms with Crippen molar-refractivity contribution in [1.82, 2.24) is 35.6 Å². The molecule has 5 unspecified atom stereocenters. The molecule has 0 spiro atoms. The van der Waals surface area contributed by atoms with Gasteiger partial charge in [-0.25, -0.2) is 9.78 Å². The number of benzene rings is 7. The minimum Gasteiger partial charge on any atom is -0.497 e. The molecule has 2 aromatic heterocycles. The van der Waals surface area contributed by atoms with E-state index in [1.807, 2.05) is 104 Å². The number of aromatic nitrogens is 4. The molecule has 6 aliphatic heterocycles. The minimum atomic E-state index is -1.32. The first-order chi connectivity index (χ1) is 55.7. The molecule has 0 bridgehead atoms. The van der Waals surface area contributed by atoms with Gasteiger partial charge in [0.1, 0.15) is 48.0 Å². The molecule has 7 N–H and O–H groups in total. The highest BCUT2D eigenvalue weighted by molar-refractivity contribution is 6.08. The topological polar surface area (TPSA) is 269 Å². The van der Waals surface area contributed by atoms with E-state index >= 15 is 0 Å². The van der Waals surface area contributed by atoms with Crippen molar-refractivity contribution in [3.63, 3.8) is 0 Å². The summed E-state index contributed by atoms with van der Waals surface area (Å²) < 4.78 is 12.2. The number of carboxylic acids is 4. The molecule has 19 heteroatoms. The molecule has 582 valence electrons. The quantitative estimate of drug-likeness (QED) is 0.0745. The second kappa shape index (κ2) is 33.2. The number of nitrogens with zero attached hydrogens (tertiary/aromatic N) is 5. The van der Waals surface area contributed by atoms with Gasteiger partial charge in [0.2, 0.25) is 0 Å². The smallest absolute Gasteiger partial charge is 0.327 e. The minimum absolute atomic E-state index is 0.159. The number of hydrogen-bond acceptors (Lipinski definition) is 14. The monoisotopic (exact) mass is 1530 g/mol. The summed E-state index contributed by atoms with van der Waals surface area (Å²) in [5, 5.41) is 47.1. The van der Waals surface area contributed by atoms with Crippen LogP contribution in [0.2, 0.25) is 0 Å². The van der Waals surface area contributed by atoms with Crippen molar-refractivity contribution in [3.8, 4) is 45.0 Å². The van der Waals surface area contributed by atoms with E-state index in [-0.39, 0.29) is 6.04 Å². The normalized spacial score (nSPS) is 19.2. The van der Waals surface area contributed by atoms with Crippen LogP contribution in [-0.2, 0) is 57.7 Å². The van der Waals surface area contributed by atoms with Gasteiger partial charge in [0.05, 0.1) is 25.4 Å². The van der Waals surface area contributed by atoms with Crippen molar-refractivity contribution in [1.29, 1.82) is 0 Å². The zero-order valence-electron chi connectivity index (χ0n) is 65.5. The van der Waals surface area contributed by atoms with Crippen LogP contribution in [0.4, 0.5) is 0 Å². The van der Waals surface area contributed by atoms with Gasteiger partial charge in [0, 0.05) is 85.5 Å². The summed E-state index contributed by atoms with van der Waals surface area (Å²) in [6, 6.07) is 58.3. The van der Waals surface area contributed by atoms with Crippen molar-refractivity contribution >= 4 is 68.9 Å². The Morgan fingerprint density at radius 1 is 0.548 bits per heavy atom. The lowest BCUT2D eigenvalue weighted by Gasteiger charge is -2.36. The number of aryl methyl sites for hydroxylation is 1. The molecule has 8 heterocycles. The summed E-state index contributed by atoms with van der Waals surface area (Å²) in [7, 11) is 5.05. The van der Waals surface area contributed by atoms with Gasteiger partial charge in [0.25, 0.3) is 0 Å². The highest BCUT2D eigenvalue weighted by Gasteiger charge is 2.48. The largest absolute Gasteiger partial charge is 0.497 e. The molecule has 115 heavy (non-hydrogen) atoms. The maximum absolute atomic E-state index is 11.6. The van der Waals surface area contributed by atoms with Gasteiger partial charge in [-0.05, 0) is 261 Å². The fourth-order valence-electron chi connectivity index (χ4n) is 17.9. The van der Waals surface area contributed by atoms with Crippen molar-refractivity contribution in [2.75, 3.05) is 34.4 Å². The summed E-state index contributed by atoms with van der Waals surface area (Å²) in [6.45, 7) is 13.3. The van der Waals surface area contributed by atoms with E-state index in [0.717, 1.165) is 112 Å². The number of pyridine rings is 3. The van der Waals surface area contributed by atoms with Gasteiger partial charge in [-0.3, -0.25) is 40.0 Å². The third-order valence-corrected chi connectivity index (χ3v) is 23.8. The predicted molar refractivity (Wildman–Crippen MR) is 451 cm³/mol. The molecule has 19 nitrogen and oxygen atoms in total. The number of carboxylic acid groups (broad SMARTS) is 4. The lowest BCUT2D eigenvalue weighted by Crippen LogP contribution is -2.59. The van der Waals surface area contributed by atoms with E-state index < -0.39 is 47.5 Å². The molecule has 21 rings (SSSR count). The number of aliphatic imine (C=N–C) groups is 1. The molecule has 0 amide bonds. The Bertz CT molecular complexity index is 5800. The fourth-order valence-corrected chi connectivity index (χ4v) is 17.9. The van der Waals surface area contributed by atoms with E-state index in [4.69, 9.17) is 24.5 Å². The van der Waals surface area contributed by atoms with Crippen LogP contribution in [0.5, 0.6) is 11.5 Å². The molecule has 7 aromatic carbocycles. The first-order valence-corrected chi connectivity index (χ1v) is 38.9. The SMILES string of the molecule is C=Cc1c2nc3ccccc3c-2ccn1OC.CC1(C(=O)O)NC(C(=O)O)CC2=C1Cc1ccccc12.CC1NC(C(=O)O)CC2=C1Cc1ccccc12.COc1ccc2c(c1)CC1=C2CCN=C1C.COc1ccc2c(c1)Cc1c-2ccnc1C.O=C(O)C1CC2=C(CN1)Cc1ccccc12.c1ccc2c(c1)Cc1cnccc1-2. The number of allylic oxidation sites excluding steroid dienone is 1. The number of carbonyl (C=O) groups is 4. The number of aliphatic carboxylic acids is 4. The van der Waals surface area contributed by atoms with Crippen LogP contribution >= 0.6 is 0 Å². The summed E-state index contributed by atoms with van der Waals surface area (Å²) in [6.07, 6.45) is 17.5. The third-order valence-electron chi connectivity index (χ3n) is 23.8. The van der Waals surface area contributed by atoms with Crippen molar-refractivity contribution < 1.29 is 53.9 Å². The maximum atomic E-state index is 11.6. The lowest BCUT2D eigenvalue weighted by atomic mass is 9.81. The summed E-state index contributed by atoms with van der Waals surface area (Å²) >= 11 is 0. The zero-order chi connectivity index (χ0) is 80.3. The summed E-state index contributed by atoms with van der Waals surface area (Å²) in [5.41, 5.74) is 35.6. The molecular formula is C96H92N8O11. The second-order valence-corrected chi connectivity index (χ2v) is 30.3. The number of nitrogens with one attached hydrogen (secondary N) is 3. The van der Waals surface area contributed by atoms with Crippen LogP contribution in [0.3, 0.4) is 0 Å². The molecule has 9 aromatic rings. The Morgan fingerprint density at radius 2 is 1.11 bits per heavy atom. The van der Waals surface area contributed by atoms with E-state index in [9.17, 15) is 29.4 Å². The van der Waals surface area contributed by atoms with Crippen LogP contribution in [0, 0.1) is 6.92 Å². The van der Waals surface area contributed by atoms with Crippen LogP contribution in [0.1, 0.15) is 125 Å². The molecule has 0 saturated heterocycles. The molecule has 12 aliphatic rings. The predicted octanol–water partition coefficient (Wildman–Crippen LogP) is 15.9. The first kappa shape index (κ1) is 77.6. The maximum Gasteiger partial charge on any atom is 0.327 e. The molecule has 0 radical (unpaired) electrons.